The number of anilines is 1. The van der Waals surface area contributed by atoms with E-state index < -0.39 is 6.17 Å². The van der Waals surface area contributed by atoms with E-state index in [0.717, 1.165) is 29.0 Å². The average Bonchev–Trinajstić information content (AvgIpc) is 3.66. The van der Waals surface area contributed by atoms with Crippen LogP contribution >= 0.6 is 11.8 Å². The highest BCUT2D eigenvalue weighted by atomic mass is 32.2. The number of benzene rings is 2. The van der Waals surface area contributed by atoms with Gasteiger partial charge < -0.3 is 15.3 Å². The molecule has 0 radical (unpaired) electrons. The summed E-state index contributed by atoms with van der Waals surface area (Å²) in [7, 11) is 0. The van der Waals surface area contributed by atoms with Crippen molar-refractivity contribution in [1.82, 2.24) is 24.8 Å². The van der Waals surface area contributed by atoms with E-state index in [1.807, 2.05) is 23.3 Å². The largest absolute Gasteiger partial charge is 0.508 e. The van der Waals surface area contributed by atoms with Gasteiger partial charge in [0.05, 0.1) is 18.8 Å². The molecule has 4 aromatic rings. The van der Waals surface area contributed by atoms with E-state index in [-0.39, 0.29) is 42.5 Å². The van der Waals surface area contributed by atoms with Gasteiger partial charge in [-0.1, -0.05) is 12.1 Å². The van der Waals surface area contributed by atoms with Crippen molar-refractivity contribution < 1.29 is 18.7 Å². The van der Waals surface area contributed by atoms with Crippen LogP contribution in [0.2, 0.25) is 0 Å². The number of amides is 1. The van der Waals surface area contributed by atoms with Crippen LogP contribution in [0.1, 0.15) is 40.5 Å². The lowest BCUT2D eigenvalue weighted by atomic mass is 10.0. The Labute approximate surface area is 235 Å². The van der Waals surface area contributed by atoms with Crippen LogP contribution in [0, 0.1) is 5.82 Å². The molecule has 6 rings (SSSR count). The third kappa shape index (κ3) is 5.35. The number of rotatable bonds is 7. The minimum absolute atomic E-state index is 0.0354. The number of nitrogens with zero attached hydrogens (tertiary/aromatic N) is 5. The van der Waals surface area contributed by atoms with Crippen molar-refractivity contribution in [3.63, 3.8) is 0 Å². The molecule has 2 fully saturated rings. The second-order valence-corrected chi connectivity index (χ2v) is 11.2. The number of carbonyl (C=O) groups is 1. The summed E-state index contributed by atoms with van der Waals surface area (Å²) in [4.78, 5) is 22.6. The number of phenolic OH excluding ortho intramolecular Hbond substituents is 1. The highest BCUT2D eigenvalue weighted by Crippen LogP contribution is 2.40. The normalized spacial score (nSPS) is 21.4. The molecule has 1 amide bonds. The lowest BCUT2D eigenvalue weighted by Crippen LogP contribution is -2.37. The highest BCUT2D eigenvalue weighted by Gasteiger charge is 2.36. The maximum atomic E-state index is 14.7. The molecular formula is C29H30F2N6O2S. The van der Waals surface area contributed by atoms with Crippen LogP contribution in [-0.2, 0) is 6.54 Å². The van der Waals surface area contributed by atoms with Crippen LogP contribution in [0.5, 0.6) is 5.75 Å². The number of imidazole rings is 1. The number of hydrogen-bond donors (Lipinski definition) is 2. The van der Waals surface area contributed by atoms with E-state index in [1.165, 1.54) is 34.6 Å². The molecule has 1 unspecified atom stereocenters. The van der Waals surface area contributed by atoms with Gasteiger partial charge in [0, 0.05) is 37.0 Å². The number of fused-ring (bicyclic) bond motifs is 1. The molecule has 0 aliphatic carbocycles. The number of phenols is 1. The van der Waals surface area contributed by atoms with Crippen LogP contribution in [0.4, 0.5) is 14.6 Å². The molecule has 40 heavy (non-hydrogen) atoms. The fraction of sp³-hybridized carbons (Fsp3) is 0.345. The molecule has 208 valence electrons. The van der Waals surface area contributed by atoms with E-state index in [0.29, 0.717) is 30.2 Å². The van der Waals surface area contributed by atoms with Crippen molar-refractivity contribution in [2.75, 3.05) is 30.8 Å². The maximum Gasteiger partial charge on any atom is 0.271 e. The number of aromatic hydroxyl groups is 1. The van der Waals surface area contributed by atoms with Crippen LogP contribution in [0.25, 0.3) is 5.65 Å². The summed E-state index contributed by atoms with van der Waals surface area (Å²) in [6, 6.07) is 14.9. The Morgan fingerprint density at radius 2 is 2.05 bits per heavy atom. The van der Waals surface area contributed by atoms with Crippen molar-refractivity contribution >= 4 is 29.1 Å². The lowest BCUT2D eigenvalue weighted by molar-refractivity contribution is 0.0930. The van der Waals surface area contributed by atoms with Crippen molar-refractivity contribution in [1.29, 1.82) is 0 Å². The molecule has 0 bridgehead atoms. The molecule has 2 aromatic carbocycles. The van der Waals surface area contributed by atoms with Gasteiger partial charge in [0.15, 0.2) is 11.3 Å². The van der Waals surface area contributed by atoms with Crippen molar-refractivity contribution in [2.24, 2.45) is 0 Å². The van der Waals surface area contributed by atoms with E-state index in [1.54, 1.807) is 30.3 Å². The molecule has 8 nitrogen and oxygen atoms in total. The fourth-order valence-electron chi connectivity index (χ4n) is 5.74. The van der Waals surface area contributed by atoms with Gasteiger partial charge in [-0.15, -0.1) is 16.9 Å². The first kappa shape index (κ1) is 26.5. The zero-order chi connectivity index (χ0) is 27.8. The second kappa shape index (κ2) is 11.1. The van der Waals surface area contributed by atoms with E-state index >= 15 is 0 Å². The Bertz CT molecular complexity index is 1550. The smallest absolute Gasteiger partial charge is 0.271 e. The zero-order valence-electron chi connectivity index (χ0n) is 22.0. The molecule has 0 saturated carbocycles. The van der Waals surface area contributed by atoms with E-state index in [4.69, 9.17) is 5.10 Å². The number of carbonyl (C=O) groups excluding carboxylic acids is 1. The van der Waals surface area contributed by atoms with Crippen molar-refractivity contribution in [3.05, 3.63) is 83.4 Å². The Kier molecular flexibility index (Phi) is 7.33. The molecule has 2 aromatic heterocycles. The number of thioether (sulfide) groups is 1. The van der Waals surface area contributed by atoms with Gasteiger partial charge in [0.2, 0.25) is 0 Å². The summed E-state index contributed by atoms with van der Waals surface area (Å²) in [5, 5.41) is 17.5. The molecule has 2 saturated heterocycles. The molecule has 2 N–H and O–H groups in total. The van der Waals surface area contributed by atoms with Crippen molar-refractivity contribution in [2.45, 2.75) is 42.5 Å². The lowest BCUT2D eigenvalue weighted by Gasteiger charge is -2.27. The minimum Gasteiger partial charge on any atom is -0.508 e. The van der Waals surface area contributed by atoms with Gasteiger partial charge in [-0.25, -0.2) is 18.3 Å². The number of halogens is 2. The first-order chi connectivity index (χ1) is 19.4. The molecule has 3 atom stereocenters. The Balaban J connectivity index is 1.20. The Hall–Kier alpha value is -3.70. The fourth-order valence-corrected chi connectivity index (χ4v) is 6.37. The molecule has 0 spiro atoms. The maximum absolute atomic E-state index is 14.7. The monoisotopic (exact) mass is 564 g/mol. The summed E-state index contributed by atoms with van der Waals surface area (Å²) in [5.74, 6) is 0.0973. The SMILES string of the molecule is CSc1ccc(F)cc1[C@H]1C[C@H](F)CN1c1ccc2ncc(C(=O)NC3CCN(Cc4cccc(O)c4)C3)n2n1. The summed E-state index contributed by atoms with van der Waals surface area (Å²) >= 11 is 1.50. The van der Waals surface area contributed by atoms with Gasteiger partial charge in [0.1, 0.15) is 23.6 Å². The number of nitrogens with one attached hydrogen (secondary N) is 1. The van der Waals surface area contributed by atoms with Gasteiger partial charge in [-0.05, 0) is 66.3 Å². The number of aromatic nitrogens is 3. The quantitative estimate of drug-likeness (QED) is 0.318. The minimum atomic E-state index is -1.09. The summed E-state index contributed by atoms with van der Waals surface area (Å²) < 4.78 is 30.4. The number of alkyl halides is 1. The van der Waals surface area contributed by atoms with Crippen LogP contribution < -0.4 is 10.2 Å². The van der Waals surface area contributed by atoms with Gasteiger partial charge >= 0.3 is 0 Å². The van der Waals surface area contributed by atoms with Crippen molar-refractivity contribution in [3.8, 4) is 5.75 Å². The standard InChI is InChI=1S/C29H30F2N6O2S/c1-40-26-6-5-19(30)12-23(26)24-13-20(31)16-36(24)28-8-7-27-32-14-25(37(27)34-28)29(39)33-21-9-10-35(17-21)15-18-3-2-4-22(38)11-18/h2-8,11-12,14,20-21,24,38H,9-10,13,15-17H2,1H3,(H,33,39)/t20-,21?,24+/m0/s1. The van der Waals surface area contributed by atoms with Gasteiger partial charge in [-0.2, -0.15) is 0 Å². The highest BCUT2D eigenvalue weighted by molar-refractivity contribution is 7.98. The molecule has 2 aliphatic rings. The third-order valence-corrected chi connectivity index (χ3v) is 8.41. The Morgan fingerprint density at radius 3 is 2.88 bits per heavy atom. The van der Waals surface area contributed by atoms with E-state index in [9.17, 15) is 18.7 Å². The first-order valence-electron chi connectivity index (χ1n) is 13.3. The summed E-state index contributed by atoms with van der Waals surface area (Å²) in [6.07, 6.45) is 3.36. The molecule has 2 aliphatic heterocycles. The topological polar surface area (TPSA) is 86.0 Å². The number of likely N-dealkylation sites (tertiary alicyclic amines) is 1. The third-order valence-electron chi connectivity index (χ3n) is 7.60. The number of hydrogen-bond acceptors (Lipinski definition) is 7. The van der Waals surface area contributed by atoms with Crippen LogP contribution in [-0.4, -0.2) is 68.6 Å². The van der Waals surface area contributed by atoms with E-state index in [2.05, 4.69) is 15.2 Å². The predicted octanol–water partition coefficient (Wildman–Crippen LogP) is 4.59. The van der Waals surface area contributed by atoms with Gasteiger partial charge in [-0.3, -0.25) is 9.69 Å². The summed E-state index contributed by atoms with van der Waals surface area (Å²) in [5.41, 5.74) is 2.55. The predicted molar refractivity (Wildman–Crippen MR) is 150 cm³/mol. The first-order valence-corrected chi connectivity index (χ1v) is 14.5. The van der Waals surface area contributed by atoms with Crippen LogP contribution in [0.3, 0.4) is 0 Å². The molecular weight excluding hydrogens is 534 g/mol. The molecule has 4 heterocycles. The Morgan fingerprint density at radius 1 is 1.18 bits per heavy atom. The van der Waals surface area contributed by atoms with Gasteiger partial charge in [0.25, 0.3) is 5.91 Å². The second-order valence-electron chi connectivity index (χ2n) is 10.4. The zero-order valence-corrected chi connectivity index (χ0v) is 22.8. The summed E-state index contributed by atoms with van der Waals surface area (Å²) in [6.45, 7) is 2.34. The van der Waals surface area contributed by atoms with Crippen LogP contribution in [0.15, 0.2) is 65.7 Å². The average molecular weight is 565 g/mol. The molecule has 11 heteroatoms.